The molecule has 1 aliphatic rings. The molecule has 0 radical (unpaired) electrons. The lowest BCUT2D eigenvalue weighted by Gasteiger charge is -2.27. The van der Waals surface area contributed by atoms with Crippen LogP contribution in [-0.4, -0.2) is 16.7 Å². The molecule has 0 heterocycles. The molecule has 0 spiro atoms. The number of ether oxygens (including phenoxy) is 1. The lowest BCUT2D eigenvalue weighted by Crippen LogP contribution is -2.37. The first-order valence-electron chi connectivity index (χ1n) is 8.74. The number of carboxylic acid groups (broad SMARTS) is 1. The molecular formula is C22H28O3. The van der Waals surface area contributed by atoms with Crippen molar-refractivity contribution in [1.29, 1.82) is 0 Å². The Hall–Kier alpha value is -2.13. The van der Waals surface area contributed by atoms with Crippen LogP contribution in [0.15, 0.2) is 65.8 Å². The Morgan fingerprint density at radius 3 is 2.68 bits per heavy atom. The maximum atomic E-state index is 11.8. The quantitative estimate of drug-likeness (QED) is 0.686. The summed E-state index contributed by atoms with van der Waals surface area (Å²) in [6, 6.07) is 9.65. The molecule has 1 aromatic rings. The summed E-state index contributed by atoms with van der Waals surface area (Å²) in [5.41, 5.74) is 3.34. The summed E-state index contributed by atoms with van der Waals surface area (Å²) in [5, 5.41) is 9.66. The molecule has 0 saturated heterocycles. The van der Waals surface area contributed by atoms with Crippen molar-refractivity contribution in [2.75, 3.05) is 0 Å². The summed E-state index contributed by atoms with van der Waals surface area (Å²) >= 11 is 0. The van der Waals surface area contributed by atoms with Crippen LogP contribution in [-0.2, 0) is 16.1 Å². The zero-order valence-corrected chi connectivity index (χ0v) is 15.4. The van der Waals surface area contributed by atoms with Gasteiger partial charge >= 0.3 is 5.97 Å². The van der Waals surface area contributed by atoms with Gasteiger partial charge in [0.15, 0.2) is 5.60 Å². The van der Waals surface area contributed by atoms with E-state index in [4.69, 9.17) is 4.74 Å². The normalized spacial score (nSPS) is 21.5. The molecule has 3 nitrogen and oxygen atoms in total. The molecule has 2 atom stereocenters. The summed E-state index contributed by atoms with van der Waals surface area (Å²) in [7, 11) is 0. The number of rotatable bonds is 7. The first-order chi connectivity index (χ1) is 11.8. The van der Waals surface area contributed by atoms with Crippen LogP contribution in [0.2, 0.25) is 0 Å². The van der Waals surface area contributed by atoms with Gasteiger partial charge in [-0.25, -0.2) is 4.79 Å². The predicted octanol–water partition coefficient (Wildman–Crippen LogP) is 5.30. The SMILES string of the molecule is C=C(C)[C@@H]1CC=C(C)/C(=C/C[C@@](C)(OCc2ccccc2)C(=O)O)C1. The standard InChI is InChI=1S/C22H28O3/c1-16(2)19-11-10-17(3)20(14-19)12-13-22(4,21(23)24)25-15-18-8-6-5-7-9-18/h5-10,12,19H,1,11,13-15H2,2-4H3,(H,23,24)/b20-12+/t19-,22-/m1/s1. The molecule has 3 heteroatoms. The van der Waals surface area contributed by atoms with Crippen molar-refractivity contribution in [2.24, 2.45) is 5.92 Å². The van der Waals surface area contributed by atoms with Gasteiger partial charge in [0.25, 0.3) is 0 Å². The van der Waals surface area contributed by atoms with Gasteiger partial charge in [-0.3, -0.25) is 0 Å². The van der Waals surface area contributed by atoms with Gasteiger partial charge in [0, 0.05) is 6.42 Å². The Morgan fingerprint density at radius 1 is 1.40 bits per heavy atom. The molecule has 25 heavy (non-hydrogen) atoms. The number of allylic oxidation sites excluding steroid dienone is 4. The van der Waals surface area contributed by atoms with E-state index < -0.39 is 11.6 Å². The molecule has 134 valence electrons. The van der Waals surface area contributed by atoms with E-state index in [1.165, 1.54) is 16.7 Å². The highest BCUT2D eigenvalue weighted by Gasteiger charge is 2.33. The molecule has 2 rings (SSSR count). The lowest BCUT2D eigenvalue weighted by molar-refractivity contribution is -0.164. The number of benzene rings is 1. The van der Waals surface area contributed by atoms with Crippen molar-refractivity contribution in [1.82, 2.24) is 0 Å². The molecule has 0 bridgehead atoms. The zero-order valence-electron chi connectivity index (χ0n) is 15.4. The summed E-state index contributed by atoms with van der Waals surface area (Å²) < 4.78 is 5.80. The van der Waals surface area contributed by atoms with E-state index in [9.17, 15) is 9.90 Å². The second kappa shape index (κ2) is 8.30. The Bertz CT molecular complexity index is 684. The summed E-state index contributed by atoms with van der Waals surface area (Å²) in [6.45, 7) is 10.1. The van der Waals surface area contributed by atoms with Crippen molar-refractivity contribution in [3.8, 4) is 0 Å². The maximum absolute atomic E-state index is 11.8. The maximum Gasteiger partial charge on any atom is 0.336 e. The topological polar surface area (TPSA) is 46.5 Å². The third kappa shape index (κ3) is 5.17. The molecule has 0 unspecified atom stereocenters. The van der Waals surface area contributed by atoms with E-state index in [2.05, 4.69) is 26.5 Å². The highest BCUT2D eigenvalue weighted by atomic mass is 16.5. The molecule has 1 aromatic carbocycles. The van der Waals surface area contributed by atoms with Crippen molar-refractivity contribution in [3.63, 3.8) is 0 Å². The number of aliphatic carboxylic acids is 1. The minimum Gasteiger partial charge on any atom is -0.479 e. The molecule has 0 aliphatic heterocycles. The van der Waals surface area contributed by atoms with E-state index in [1.54, 1.807) is 6.92 Å². The average molecular weight is 340 g/mol. The lowest BCUT2D eigenvalue weighted by atomic mass is 9.81. The smallest absolute Gasteiger partial charge is 0.336 e. The van der Waals surface area contributed by atoms with Crippen LogP contribution in [0.3, 0.4) is 0 Å². The second-order valence-electron chi connectivity index (χ2n) is 7.11. The zero-order chi connectivity index (χ0) is 18.4. The Kier molecular flexibility index (Phi) is 6.38. The highest BCUT2D eigenvalue weighted by Crippen LogP contribution is 2.33. The monoisotopic (exact) mass is 340 g/mol. The van der Waals surface area contributed by atoms with E-state index in [1.807, 2.05) is 36.4 Å². The highest BCUT2D eigenvalue weighted by molar-refractivity contribution is 5.77. The van der Waals surface area contributed by atoms with Gasteiger partial charge < -0.3 is 9.84 Å². The van der Waals surface area contributed by atoms with Crippen LogP contribution >= 0.6 is 0 Å². The number of carbonyl (C=O) groups is 1. The van der Waals surface area contributed by atoms with Crippen molar-refractivity contribution in [3.05, 3.63) is 71.3 Å². The Labute approximate surface area is 150 Å². The molecule has 0 saturated carbocycles. The fraction of sp³-hybridized carbons (Fsp3) is 0.409. The van der Waals surface area contributed by atoms with Gasteiger partial charge in [0.1, 0.15) is 0 Å². The fourth-order valence-electron chi connectivity index (χ4n) is 2.92. The van der Waals surface area contributed by atoms with E-state index >= 15 is 0 Å². The van der Waals surface area contributed by atoms with Crippen molar-refractivity contribution >= 4 is 5.97 Å². The summed E-state index contributed by atoms with van der Waals surface area (Å²) in [5.74, 6) is -0.495. The molecule has 1 N–H and O–H groups in total. The molecule has 0 amide bonds. The number of hydrogen-bond acceptors (Lipinski definition) is 2. The largest absolute Gasteiger partial charge is 0.479 e. The second-order valence-corrected chi connectivity index (χ2v) is 7.11. The predicted molar refractivity (Wildman–Crippen MR) is 101 cm³/mol. The van der Waals surface area contributed by atoms with E-state index in [0.717, 1.165) is 18.4 Å². The average Bonchev–Trinajstić information content (AvgIpc) is 2.59. The first-order valence-corrected chi connectivity index (χ1v) is 8.74. The molecule has 0 fully saturated rings. The van der Waals surface area contributed by atoms with Gasteiger partial charge in [-0.2, -0.15) is 0 Å². The fourth-order valence-corrected chi connectivity index (χ4v) is 2.92. The van der Waals surface area contributed by atoms with Gasteiger partial charge in [-0.05, 0) is 50.7 Å². The Morgan fingerprint density at radius 2 is 2.08 bits per heavy atom. The third-order valence-electron chi connectivity index (χ3n) is 4.97. The summed E-state index contributed by atoms with van der Waals surface area (Å²) in [4.78, 5) is 11.8. The van der Waals surface area contributed by atoms with Gasteiger partial charge in [0.05, 0.1) is 6.61 Å². The van der Waals surface area contributed by atoms with Crippen molar-refractivity contribution in [2.45, 2.75) is 52.2 Å². The summed E-state index contributed by atoms with van der Waals surface area (Å²) in [6.07, 6.45) is 6.53. The Balaban J connectivity index is 2.09. The van der Waals surface area contributed by atoms with Crippen LogP contribution in [0, 0.1) is 5.92 Å². The van der Waals surface area contributed by atoms with Crippen molar-refractivity contribution < 1.29 is 14.6 Å². The van der Waals surface area contributed by atoms with Gasteiger partial charge in [0.2, 0.25) is 0 Å². The minimum atomic E-state index is -1.24. The van der Waals surface area contributed by atoms with Crippen LogP contribution in [0.4, 0.5) is 0 Å². The van der Waals surface area contributed by atoms with E-state index in [-0.39, 0.29) is 6.61 Å². The number of hydrogen-bond donors (Lipinski definition) is 1. The third-order valence-corrected chi connectivity index (χ3v) is 4.97. The van der Waals surface area contributed by atoms with Gasteiger partial charge in [-0.1, -0.05) is 60.2 Å². The minimum absolute atomic E-state index is 0.288. The van der Waals surface area contributed by atoms with E-state index in [0.29, 0.717) is 12.3 Å². The van der Waals surface area contributed by atoms with Crippen LogP contribution < -0.4 is 0 Å². The molecule has 0 aromatic heterocycles. The van der Waals surface area contributed by atoms with Crippen LogP contribution in [0.25, 0.3) is 0 Å². The van der Waals surface area contributed by atoms with Crippen LogP contribution in [0.1, 0.15) is 45.6 Å². The van der Waals surface area contributed by atoms with Crippen LogP contribution in [0.5, 0.6) is 0 Å². The first kappa shape index (κ1) is 19.2. The molecular weight excluding hydrogens is 312 g/mol. The van der Waals surface area contributed by atoms with Gasteiger partial charge in [-0.15, -0.1) is 0 Å². The molecule has 1 aliphatic carbocycles. The number of carboxylic acids is 1.